The van der Waals surface area contributed by atoms with Crippen molar-refractivity contribution in [1.29, 1.82) is 0 Å². The number of carbonyl (C=O) groups is 3. The summed E-state index contributed by atoms with van der Waals surface area (Å²) in [6.07, 6.45) is 0.137. The van der Waals surface area contributed by atoms with Gasteiger partial charge in [-0.05, 0) is 23.1 Å². The summed E-state index contributed by atoms with van der Waals surface area (Å²) in [6, 6.07) is 27.0. The molecule has 3 amide bonds. The summed E-state index contributed by atoms with van der Waals surface area (Å²) in [4.78, 5) is 42.5. The number of aliphatic hydroxyl groups is 1. The number of ether oxygens (including phenoxy) is 1. The minimum absolute atomic E-state index is 0.182. The lowest BCUT2D eigenvalue weighted by Crippen LogP contribution is -2.52. The second-order valence-electron chi connectivity index (χ2n) is 9.20. The molecule has 198 valence electrons. The summed E-state index contributed by atoms with van der Waals surface area (Å²) < 4.78 is 5.44. The van der Waals surface area contributed by atoms with Gasteiger partial charge in [-0.25, -0.2) is 4.79 Å². The first-order valence-electron chi connectivity index (χ1n) is 12.8. The molecule has 0 bridgehead atoms. The number of amides is 3. The molecule has 0 aromatic heterocycles. The average molecular weight is 516 g/mol. The molecule has 1 saturated heterocycles. The number of nitrogens with one attached hydrogen (secondary N) is 1. The van der Waals surface area contributed by atoms with Crippen LogP contribution in [0.5, 0.6) is 0 Å². The molecule has 8 nitrogen and oxygen atoms in total. The van der Waals surface area contributed by atoms with Crippen molar-refractivity contribution in [3.63, 3.8) is 0 Å². The fraction of sp³-hybridized carbons (Fsp3) is 0.300. The summed E-state index contributed by atoms with van der Waals surface area (Å²) >= 11 is 0. The smallest absolute Gasteiger partial charge is 0.410 e. The van der Waals surface area contributed by atoms with Gasteiger partial charge in [0.15, 0.2) is 0 Å². The van der Waals surface area contributed by atoms with Crippen LogP contribution in [-0.4, -0.2) is 71.6 Å². The Morgan fingerprint density at radius 1 is 0.763 bits per heavy atom. The zero-order valence-electron chi connectivity index (χ0n) is 21.2. The standard InChI is InChI=1S/C30H33N3O5/c34-21-26(31-28(35)27(24-13-6-2-7-14-24)25-15-8-3-9-16-25)29(36)32-17-10-18-33(20-19-32)30(37)38-22-23-11-4-1-5-12-23/h1-9,11-16,26-27,34H,10,17-22H2,(H,31,35)/t26-/m0/s1. The fourth-order valence-corrected chi connectivity index (χ4v) is 4.58. The van der Waals surface area contributed by atoms with Crippen LogP contribution in [0, 0.1) is 0 Å². The van der Waals surface area contributed by atoms with E-state index in [9.17, 15) is 19.5 Å². The molecule has 0 spiro atoms. The van der Waals surface area contributed by atoms with Crippen molar-refractivity contribution in [2.45, 2.75) is 25.0 Å². The van der Waals surface area contributed by atoms with Crippen molar-refractivity contribution in [2.24, 2.45) is 0 Å². The molecular weight excluding hydrogens is 482 g/mol. The van der Waals surface area contributed by atoms with Crippen LogP contribution in [0.25, 0.3) is 0 Å². The van der Waals surface area contributed by atoms with Crippen LogP contribution in [-0.2, 0) is 20.9 Å². The third-order valence-corrected chi connectivity index (χ3v) is 6.60. The highest BCUT2D eigenvalue weighted by Crippen LogP contribution is 2.25. The Bertz CT molecular complexity index is 1150. The molecule has 1 aliphatic heterocycles. The first-order valence-corrected chi connectivity index (χ1v) is 12.8. The predicted molar refractivity (Wildman–Crippen MR) is 143 cm³/mol. The Balaban J connectivity index is 1.37. The monoisotopic (exact) mass is 515 g/mol. The van der Waals surface area contributed by atoms with Crippen molar-refractivity contribution in [3.05, 3.63) is 108 Å². The summed E-state index contributed by atoms with van der Waals surface area (Å²) in [6.45, 7) is 1.11. The molecule has 3 aromatic carbocycles. The van der Waals surface area contributed by atoms with Crippen LogP contribution in [0.3, 0.4) is 0 Å². The van der Waals surface area contributed by atoms with E-state index in [2.05, 4.69) is 5.32 Å². The van der Waals surface area contributed by atoms with Gasteiger partial charge >= 0.3 is 6.09 Å². The highest BCUT2D eigenvalue weighted by molar-refractivity contribution is 5.92. The van der Waals surface area contributed by atoms with Crippen molar-refractivity contribution in [2.75, 3.05) is 32.8 Å². The maximum atomic E-state index is 13.4. The first kappa shape index (κ1) is 26.9. The molecule has 0 saturated carbocycles. The van der Waals surface area contributed by atoms with Gasteiger partial charge in [0, 0.05) is 26.2 Å². The van der Waals surface area contributed by atoms with Crippen LogP contribution < -0.4 is 5.32 Å². The number of carbonyl (C=O) groups excluding carboxylic acids is 3. The lowest BCUT2D eigenvalue weighted by Gasteiger charge is -2.27. The first-order chi connectivity index (χ1) is 18.6. The number of hydrogen-bond donors (Lipinski definition) is 2. The van der Waals surface area contributed by atoms with E-state index in [-0.39, 0.29) is 25.0 Å². The van der Waals surface area contributed by atoms with Gasteiger partial charge < -0.3 is 25.0 Å². The molecule has 1 aliphatic rings. The van der Waals surface area contributed by atoms with E-state index < -0.39 is 24.7 Å². The molecule has 3 aromatic rings. The summed E-state index contributed by atoms with van der Waals surface area (Å²) in [5.41, 5.74) is 2.48. The summed E-state index contributed by atoms with van der Waals surface area (Å²) in [7, 11) is 0. The van der Waals surface area contributed by atoms with Crippen LogP contribution in [0.4, 0.5) is 4.79 Å². The predicted octanol–water partition coefficient (Wildman–Crippen LogP) is 3.17. The molecule has 2 N–H and O–H groups in total. The molecule has 0 unspecified atom stereocenters. The molecule has 1 atom stereocenters. The third kappa shape index (κ3) is 6.98. The Labute approximate surface area is 222 Å². The Morgan fingerprint density at radius 2 is 1.29 bits per heavy atom. The average Bonchev–Trinajstić information content (AvgIpc) is 3.23. The van der Waals surface area contributed by atoms with E-state index in [1.54, 1.807) is 9.80 Å². The second-order valence-corrected chi connectivity index (χ2v) is 9.20. The highest BCUT2D eigenvalue weighted by atomic mass is 16.6. The molecule has 1 fully saturated rings. The maximum absolute atomic E-state index is 13.4. The van der Waals surface area contributed by atoms with Gasteiger partial charge in [-0.2, -0.15) is 0 Å². The lowest BCUT2D eigenvalue weighted by molar-refractivity contribution is -0.137. The normalized spacial score (nSPS) is 14.5. The second kappa shape index (κ2) is 13.4. The van der Waals surface area contributed by atoms with E-state index in [0.717, 1.165) is 16.7 Å². The van der Waals surface area contributed by atoms with Crippen molar-refractivity contribution in [3.8, 4) is 0 Å². The number of nitrogens with zero attached hydrogens (tertiary/aromatic N) is 2. The largest absolute Gasteiger partial charge is 0.445 e. The molecular formula is C30H33N3O5. The molecule has 38 heavy (non-hydrogen) atoms. The van der Waals surface area contributed by atoms with Crippen molar-refractivity contribution in [1.82, 2.24) is 15.1 Å². The van der Waals surface area contributed by atoms with Gasteiger partial charge in [-0.3, -0.25) is 9.59 Å². The zero-order chi connectivity index (χ0) is 26.7. The SMILES string of the molecule is O=C(N[C@@H](CO)C(=O)N1CCCN(C(=O)OCc2ccccc2)CC1)C(c1ccccc1)c1ccccc1. The lowest BCUT2D eigenvalue weighted by atomic mass is 9.90. The van der Waals surface area contributed by atoms with E-state index in [1.165, 1.54) is 0 Å². The highest BCUT2D eigenvalue weighted by Gasteiger charge is 2.31. The minimum atomic E-state index is -1.09. The number of rotatable bonds is 8. The quantitative estimate of drug-likeness (QED) is 0.480. The Kier molecular flexibility index (Phi) is 9.48. The topological polar surface area (TPSA) is 99.2 Å². The molecule has 0 aliphatic carbocycles. The zero-order valence-corrected chi connectivity index (χ0v) is 21.2. The molecule has 8 heteroatoms. The van der Waals surface area contributed by atoms with E-state index in [4.69, 9.17) is 4.74 Å². The minimum Gasteiger partial charge on any atom is -0.445 e. The third-order valence-electron chi connectivity index (χ3n) is 6.60. The Morgan fingerprint density at radius 3 is 1.87 bits per heavy atom. The van der Waals surface area contributed by atoms with E-state index in [1.807, 2.05) is 91.0 Å². The van der Waals surface area contributed by atoms with Gasteiger partial charge in [0.1, 0.15) is 12.6 Å². The van der Waals surface area contributed by atoms with Gasteiger partial charge in [-0.1, -0.05) is 91.0 Å². The van der Waals surface area contributed by atoms with Crippen molar-refractivity contribution >= 4 is 17.9 Å². The van der Waals surface area contributed by atoms with Gasteiger partial charge in [0.25, 0.3) is 0 Å². The number of hydrogen-bond acceptors (Lipinski definition) is 5. The van der Waals surface area contributed by atoms with Crippen LogP contribution >= 0.6 is 0 Å². The van der Waals surface area contributed by atoms with E-state index in [0.29, 0.717) is 26.1 Å². The maximum Gasteiger partial charge on any atom is 0.410 e. The number of benzene rings is 3. The van der Waals surface area contributed by atoms with Crippen LogP contribution in [0.15, 0.2) is 91.0 Å². The number of aliphatic hydroxyl groups excluding tert-OH is 1. The van der Waals surface area contributed by atoms with Gasteiger partial charge in [0.2, 0.25) is 11.8 Å². The summed E-state index contributed by atoms with van der Waals surface area (Å²) in [5, 5.41) is 12.8. The Hall–Kier alpha value is -4.17. The fourth-order valence-electron chi connectivity index (χ4n) is 4.58. The van der Waals surface area contributed by atoms with Crippen LogP contribution in [0.1, 0.15) is 29.0 Å². The van der Waals surface area contributed by atoms with E-state index >= 15 is 0 Å². The van der Waals surface area contributed by atoms with Crippen LogP contribution in [0.2, 0.25) is 0 Å². The summed E-state index contributed by atoms with van der Waals surface area (Å²) in [5.74, 6) is -1.37. The molecule has 1 heterocycles. The van der Waals surface area contributed by atoms with Gasteiger partial charge in [-0.15, -0.1) is 0 Å². The van der Waals surface area contributed by atoms with Crippen molar-refractivity contribution < 1.29 is 24.2 Å². The molecule has 4 rings (SSSR count). The van der Waals surface area contributed by atoms with Gasteiger partial charge in [0.05, 0.1) is 12.5 Å². The molecule has 0 radical (unpaired) electrons.